The quantitative estimate of drug-likeness (QED) is 0.0311. The van der Waals surface area contributed by atoms with Crippen molar-refractivity contribution in [3.63, 3.8) is 0 Å². The Morgan fingerprint density at radius 3 is 2.19 bits per heavy atom. The number of esters is 1. The van der Waals surface area contributed by atoms with Crippen LogP contribution in [0.2, 0.25) is 5.31 Å². The summed E-state index contributed by atoms with van der Waals surface area (Å²) >= 11 is 0. The number of alkyl carbamates (subject to hydrolysis) is 1. The van der Waals surface area contributed by atoms with Gasteiger partial charge in [0.05, 0.1) is 19.3 Å². The number of nitrogens with one attached hydrogen (secondary N) is 1. The van der Waals surface area contributed by atoms with Gasteiger partial charge in [-0.2, -0.15) is 0 Å². The minimum Gasteiger partial charge on any atom is -0.462 e. The molecular formula is C60H107BN2O6. The van der Waals surface area contributed by atoms with Gasteiger partial charge < -0.3 is 29.2 Å². The van der Waals surface area contributed by atoms with Crippen molar-refractivity contribution in [2.45, 2.75) is 258 Å². The summed E-state index contributed by atoms with van der Waals surface area (Å²) in [7, 11) is 2.68. The summed E-state index contributed by atoms with van der Waals surface area (Å²) in [5.41, 5.74) is 0.851. The SMILES string of the molecule is B[C@@]12CCC(C(C)CCCC(C)C)[C@@]1(C)CCC1[C@H]2CC=C2CC(OC(=O)NC(C)(C)C(=O)OCCOC(COCCCCCCCC/C=C\CCCCCCCC)CN3CCCCC3)CCC21C. The molecular weight excluding hydrogens is 855 g/mol. The number of nitrogens with zero attached hydrogens (tertiary/aromatic N) is 1. The van der Waals surface area contributed by atoms with Crippen LogP contribution in [0.5, 0.6) is 0 Å². The zero-order chi connectivity index (χ0) is 49.8. The van der Waals surface area contributed by atoms with Gasteiger partial charge in [0.15, 0.2) is 0 Å². The predicted molar refractivity (Wildman–Crippen MR) is 290 cm³/mol. The first-order chi connectivity index (χ1) is 33.1. The Labute approximate surface area is 425 Å². The monoisotopic (exact) mass is 963 g/mol. The lowest BCUT2D eigenvalue weighted by Gasteiger charge is -2.63. The summed E-state index contributed by atoms with van der Waals surface area (Å²) in [6, 6.07) is 0. The van der Waals surface area contributed by atoms with Gasteiger partial charge >= 0.3 is 12.1 Å². The Kier molecular flexibility index (Phi) is 24.5. The van der Waals surface area contributed by atoms with E-state index >= 15 is 0 Å². The minimum atomic E-state index is -1.23. The fraction of sp³-hybridized carbons (Fsp3) is 0.900. The van der Waals surface area contributed by atoms with Gasteiger partial charge in [0.2, 0.25) is 0 Å². The Morgan fingerprint density at radius 1 is 0.812 bits per heavy atom. The molecule has 0 aromatic heterocycles. The van der Waals surface area contributed by atoms with E-state index in [4.69, 9.17) is 18.9 Å². The standard InChI is InChI=1S/C60H107BN2O6/c1-9-10-11-12-13-14-15-16-17-18-19-20-21-22-23-27-41-66-46-51(45-63-39-25-24-26-40-63)67-42-43-68-55(64)57(5,6)62-56(65)69-50-33-36-58(7)49(44-50)31-32-54-53(58)34-37-59(8)52(35-38-60(54,59)61)48(4)30-28-29-47(2)3/h16-17,31,47-48,50-54H,9-15,18-30,32-46,61H2,1-8H3,(H,62,65)/b17-16-/t48?,50?,51?,52?,53?,54-,58?,59-,60-/m1/s1. The van der Waals surface area contributed by atoms with Crippen LogP contribution in [0.3, 0.4) is 0 Å². The van der Waals surface area contributed by atoms with E-state index in [1.54, 1.807) is 13.8 Å². The maximum atomic E-state index is 13.4. The van der Waals surface area contributed by atoms with Crippen LogP contribution in [0, 0.1) is 40.4 Å². The summed E-state index contributed by atoms with van der Waals surface area (Å²) in [6.07, 6.45) is 41.8. The van der Waals surface area contributed by atoms with Crippen molar-refractivity contribution < 1.29 is 28.5 Å². The van der Waals surface area contributed by atoms with Gasteiger partial charge in [-0.15, -0.1) is 0 Å². The first-order valence-corrected chi connectivity index (χ1v) is 29.5. The van der Waals surface area contributed by atoms with E-state index in [1.807, 2.05) is 0 Å². The molecule has 1 N–H and O–H groups in total. The number of allylic oxidation sites excluding steroid dienone is 3. The highest BCUT2D eigenvalue weighted by molar-refractivity contribution is 6.16. The summed E-state index contributed by atoms with van der Waals surface area (Å²) in [5, 5.41) is 3.23. The number of rotatable bonds is 32. The second-order valence-corrected chi connectivity index (χ2v) is 24.9. The lowest BCUT2D eigenvalue weighted by atomic mass is 9.36. The molecule has 9 atom stereocenters. The molecule has 5 aliphatic rings. The summed E-state index contributed by atoms with van der Waals surface area (Å²) in [4.78, 5) is 29.2. The average molecular weight is 963 g/mol. The van der Waals surface area contributed by atoms with Crippen LogP contribution in [-0.2, 0) is 23.7 Å². The third kappa shape index (κ3) is 17.1. The molecule has 0 bridgehead atoms. The molecule has 4 aliphatic carbocycles. The maximum absolute atomic E-state index is 13.4. The van der Waals surface area contributed by atoms with Crippen molar-refractivity contribution in [2.24, 2.45) is 40.4 Å². The summed E-state index contributed by atoms with van der Waals surface area (Å²) in [6.45, 7) is 22.9. The molecule has 0 spiro atoms. The van der Waals surface area contributed by atoms with E-state index in [-0.39, 0.29) is 30.8 Å². The van der Waals surface area contributed by atoms with Crippen molar-refractivity contribution in [3.8, 4) is 0 Å². The summed E-state index contributed by atoms with van der Waals surface area (Å²) in [5.74, 6) is 3.36. The molecule has 396 valence electrons. The van der Waals surface area contributed by atoms with Crippen LogP contribution in [0.25, 0.3) is 0 Å². The average Bonchev–Trinajstić information content (AvgIpc) is 3.60. The second-order valence-electron chi connectivity index (χ2n) is 24.9. The van der Waals surface area contributed by atoms with E-state index in [0.29, 0.717) is 23.3 Å². The zero-order valence-electron chi connectivity index (χ0n) is 46.4. The van der Waals surface area contributed by atoms with Crippen molar-refractivity contribution in [3.05, 3.63) is 23.8 Å². The minimum absolute atomic E-state index is 0.0749. The van der Waals surface area contributed by atoms with Crippen LogP contribution < -0.4 is 5.32 Å². The molecule has 0 aromatic carbocycles. The van der Waals surface area contributed by atoms with E-state index in [9.17, 15) is 9.59 Å². The highest BCUT2D eigenvalue weighted by atomic mass is 16.6. The fourth-order valence-corrected chi connectivity index (χ4v) is 14.4. The molecule has 69 heavy (non-hydrogen) atoms. The molecule has 3 saturated carbocycles. The molecule has 1 heterocycles. The predicted octanol–water partition coefficient (Wildman–Crippen LogP) is 14.5. The van der Waals surface area contributed by atoms with Gasteiger partial charge in [-0.1, -0.05) is 155 Å². The smallest absolute Gasteiger partial charge is 0.408 e. The van der Waals surface area contributed by atoms with E-state index in [0.717, 1.165) is 82.0 Å². The number of hydrogen-bond acceptors (Lipinski definition) is 7. The van der Waals surface area contributed by atoms with Crippen molar-refractivity contribution in [2.75, 3.05) is 46.1 Å². The van der Waals surface area contributed by atoms with Gasteiger partial charge in [0.25, 0.3) is 0 Å². The molecule has 4 fully saturated rings. The first-order valence-electron chi connectivity index (χ1n) is 29.5. The zero-order valence-corrected chi connectivity index (χ0v) is 46.4. The molecule has 1 aliphatic heterocycles. The van der Waals surface area contributed by atoms with Crippen molar-refractivity contribution in [1.82, 2.24) is 10.2 Å². The highest BCUT2D eigenvalue weighted by Gasteiger charge is 2.64. The molecule has 0 radical (unpaired) electrons. The van der Waals surface area contributed by atoms with Crippen LogP contribution in [0.4, 0.5) is 4.79 Å². The highest BCUT2D eigenvalue weighted by Crippen LogP contribution is 2.75. The third-order valence-electron chi connectivity index (χ3n) is 19.0. The Morgan fingerprint density at radius 2 is 1.49 bits per heavy atom. The topological polar surface area (TPSA) is 86.3 Å². The number of carbonyl (C=O) groups excluding carboxylic acids is 2. The van der Waals surface area contributed by atoms with E-state index < -0.39 is 17.6 Å². The molecule has 8 nitrogen and oxygen atoms in total. The van der Waals surface area contributed by atoms with E-state index in [2.05, 4.69) is 77.8 Å². The largest absolute Gasteiger partial charge is 0.462 e. The number of amides is 1. The van der Waals surface area contributed by atoms with Crippen LogP contribution in [-0.4, -0.2) is 88.6 Å². The Balaban J connectivity index is 0.972. The van der Waals surface area contributed by atoms with Crippen LogP contribution in [0.1, 0.15) is 235 Å². The summed E-state index contributed by atoms with van der Waals surface area (Å²) < 4.78 is 24.3. The Hall–Kier alpha value is -1.84. The van der Waals surface area contributed by atoms with Crippen molar-refractivity contribution >= 4 is 19.9 Å². The van der Waals surface area contributed by atoms with Gasteiger partial charge in [-0.3, -0.25) is 0 Å². The van der Waals surface area contributed by atoms with Gasteiger partial charge in [0, 0.05) is 19.6 Å². The lowest BCUT2D eigenvalue weighted by molar-refractivity contribution is -0.153. The number of hydrogen-bond donors (Lipinski definition) is 1. The normalized spacial score (nSPS) is 29.3. The van der Waals surface area contributed by atoms with Crippen molar-refractivity contribution in [1.29, 1.82) is 0 Å². The third-order valence-corrected chi connectivity index (χ3v) is 19.0. The number of carbonyl (C=O) groups is 2. The number of likely N-dealkylation sites (tertiary alicyclic amines) is 1. The molecule has 5 rings (SSSR count). The van der Waals surface area contributed by atoms with E-state index in [1.165, 1.54) is 153 Å². The molecule has 6 unspecified atom stereocenters. The molecule has 1 saturated heterocycles. The lowest BCUT2D eigenvalue weighted by Crippen LogP contribution is -2.54. The fourth-order valence-electron chi connectivity index (χ4n) is 14.4. The van der Waals surface area contributed by atoms with Crippen LogP contribution >= 0.6 is 0 Å². The van der Waals surface area contributed by atoms with Crippen LogP contribution in [0.15, 0.2) is 23.8 Å². The van der Waals surface area contributed by atoms with Gasteiger partial charge in [-0.05, 0) is 156 Å². The van der Waals surface area contributed by atoms with Gasteiger partial charge in [-0.25, -0.2) is 9.59 Å². The molecule has 0 aromatic rings. The number of fused-ring (bicyclic) bond motifs is 5. The first kappa shape index (κ1) is 58.1. The second kappa shape index (κ2) is 29.2. The van der Waals surface area contributed by atoms with Gasteiger partial charge in [0.1, 0.15) is 26.1 Å². The number of unbranched alkanes of at least 4 members (excludes halogenated alkanes) is 12. The number of piperidine rings is 1. The Bertz CT molecular complexity index is 1560. The number of ether oxygens (including phenoxy) is 4. The molecule has 1 amide bonds. The molecule has 9 heteroatoms. The maximum Gasteiger partial charge on any atom is 0.408 e.